The molecule has 0 atom stereocenters. The van der Waals surface area contributed by atoms with Crippen LogP contribution in [0.5, 0.6) is 0 Å². The van der Waals surface area contributed by atoms with Crippen LogP contribution in [-0.2, 0) is 11.3 Å². The summed E-state index contributed by atoms with van der Waals surface area (Å²) < 4.78 is 6.32. The Morgan fingerprint density at radius 3 is 2.65 bits per heavy atom. The maximum atomic E-state index is 12.0. The maximum absolute atomic E-state index is 12.0. The van der Waals surface area contributed by atoms with Crippen LogP contribution in [0, 0.1) is 10.1 Å². The molecule has 0 aliphatic heterocycles. The zero-order valence-electron chi connectivity index (χ0n) is 13.7. The predicted molar refractivity (Wildman–Crippen MR) is 95.1 cm³/mol. The lowest BCUT2D eigenvalue weighted by Gasteiger charge is -2.08. The van der Waals surface area contributed by atoms with Crippen LogP contribution in [0.3, 0.4) is 0 Å². The molecule has 0 saturated carbocycles. The Hall–Kier alpha value is -3.62. The Balaban J connectivity index is 1.54. The fraction of sp³-hybridized carbons (Fsp3) is 0.176. The van der Waals surface area contributed by atoms with Crippen LogP contribution >= 0.6 is 0 Å². The van der Waals surface area contributed by atoms with Gasteiger partial charge in [0, 0.05) is 19.2 Å². The van der Waals surface area contributed by atoms with E-state index in [1.165, 1.54) is 10.6 Å². The zero-order valence-corrected chi connectivity index (χ0v) is 13.7. The van der Waals surface area contributed by atoms with E-state index in [-0.39, 0.29) is 24.7 Å². The minimum absolute atomic E-state index is 0.0322. The highest BCUT2D eigenvalue weighted by Gasteiger charge is 2.13. The number of oxazole rings is 1. The van der Waals surface area contributed by atoms with Gasteiger partial charge >= 0.3 is 5.76 Å². The van der Waals surface area contributed by atoms with Crippen LogP contribution in [0.1, 0.15) is 0 Å². The summed E-state index contributed by atoms with van der Waals surface area (Å²) in [6.07, 6.45) is 0. The van der Waals surface area contributed by atoms with E-state index in [4.69, 9.17) is 4.42 Å². The molecule has 2 aromatic carbocycles. The molecule has 0 saturated heterocycles. The molecule has 1 amide bonds. The molecule has 1 aromatic heterocycles. The average Bonchev–Trinajstić information content (AvgIpc) is 2.94. The Kier molecular flexibility index (Phi) is 4.97. The van der Waals surface area contributed by atoms with Gasteiger partial charge in [-0.3, -0.25) is 19.5 Å². The lowest BCUT2D eigenvalue weighted by molar-refractivity contribution is -0.384. The first-order chi connectivity index (χ1) is 12.6. The number of aromatic nitrogens is 1. The van der Waals surface area contributed by atoms with Gasteiger partial charge in [0.2, 0.25) is 5.91 Å². The number of rotatable bonds is 7. The smallest absolute Gasteiger partial charge is 0.408 e. The third-order valence-corrected chi connectivity index (χ3v) is 3.74. The highest BCUT2D eigenvalue weighted by atomic mass is 16.6. The minimum atomic E-state index is -0.598. The molecule has 9 heteroatoms. The van der Waals surface area contributed by atoms with Crippen molar-refractivity contribution in [2.75, 3.05) is 18.4 Å². The molecule has 0 fully saturated rings. The molecule has 2 N–H and O–H groups in total. The van der Waals surface area contributed by atoms with Gasteiger partial charge in [-0.1, -0.05) is 24.3 Å². The van der Waals surface area contributed by atoms with Gasteiger partial charge in [-0.15, -0.1) is 0 Å². The number of nitrogens with zero attached hydrogens (tertiary/aromatic N) is 2. The van der Waals surface area contributed by atoms with E-state index in [9.17, 15) is 19.7 Å². The number of para-hydroxylation sites is 4. The molecule has 1 heterocycles. The van der Waals surface area contributed by atoms with Gasteiger partial charge in [-0.25, -0.2) is 4.79 Å². The maximum Gasteiger partial charge on any atom is 0.420 e. The molecule has 0 unspecified atom stereocenters. The third kappa shape index (κ3) is 3.72. The molecule has 3 aromatic rings. The molecule has 0 spiro atoms. The van der Waals surface area contributed by atoms with Gasteiger partial charge in [0.1, 0.15) is 12.2 Å². The molecule has 3 rings (SSSR count). The van der Waals surface area contributed by atoms with Gasteiger partial charge in [0.25, 0.3) is 5.69 Å². The molecule has 26 heavy (non-hydrogen) atoms. The number of anilines is 1. The van der Waals surface area contributed by atoms with Gasteiger partial charge in [0.15, 0.2) is 5.58 Å². The van der Waals surface area contributed by atoms with E-state index in [1.807, 2.05) is 0 Å². The normalized spacial score (nSPS) is 10.6. The lowest BCUT2D eigenvalue weighted by Crippen LogP contribution is -2.33. The number of hydrogen-bond acceptors (Lipinski definition) is 6. The van der Waals surface area contributed by atoms with Crippen LogP contribution in [-0.4, -0.2) is 28.5 Å². The highest BCUT2D eigenvalue weighted by molar-refractivity contribution is 5.79. The number of amides is 1. The SMILES string of the molecule is O=C(Cn1c(=O)oc2ccccc21)NCCNc1ccccc1[N+](=O)[O-]. The van der Waals surface area contributed by atoms with Gasteiger partial charge in [0.05, 0.1) is 10.4 Å². The zero-order chi connectivity index (χ0) is 18.5. The number of benzene rings is 2. The molecule has 0 bridgehead atoms. The van der Waals surface area contributed by atoms with Crippen LogP contribution in [0.15, 0.2) is 57.7 Å². The fourth-order valence-corrected chi connectivity index (χ4v) is 2.54. The second-order valence-electron chi connectivity index (χ2n) is 5.47. The monoisotopic (exact) mass is 356 g/mol. The summed E-state index contributed by atoms with van der Waals surface area (Å²) in [7, 11) is 0. The van der Waals surface area contributed by atoms with Crippen molar-refractivity contribution in [3.8, 4) is 0 Å². The molecule has 134 valence electrons. The van der Waals surface area contributed by atoms with Crippen molar-refractivity contribution in [3.63, 3.8) is 0 Å². The molecule has 0 aliphatic carbocycles. The number of nitro benzene ring substituents is 1. The second kappa shape index (κ2) is 7.51. The van der Waals surface area contributed by atoms with E-state index in [0.717, 1.165) is 0 Å². The number of nitrogens with one attached hydrogen (secondary N) is 2. The topological polar surface area (TPSA) is 119 Å². The Morgan fingerprint density at radius 2 is 1.85 bits per heavy atom. The fourth-order valence-electron chi connectivity index (χ4n) is 2.54. The largest absolute Gasteiger partial charge is 0.420 e. The van der Waals surface area contributed by atoms with E-state index >= 15 is 0 Å². The van der Waals surface area contributed by atoms with Crippen LogP contribution in [0.2, 0.25) is 0 Å². The van der Waals surface area contributed by atoms with Crippen molar-refractivity contribution in [1.82, 2.24) is 9.88 Å². The highest BCUT2D eigenvalue weighted by Crippen LogP contribution is 2.22. The predicted octanol–water partition coefficient (Wildman–Crippen LogP) is 1.73. The third-order valence-electron chi connectivity index (χ3n) is 3.74. The molecule has 0 radical (unpaired) electrons. The average molecular weight is 356 g/mol. The van der Waals surface area contributed by atoms with Gasteiger partial charge < -0.3 is 15.1 Å². The van der Waals surface area contributed by atoms with Crippen molar-refractivity contribution >= 4 is 28.4 Å². The molecule has 9 nitrogen and oxygen atoms in total. The lowest BCUT2D eigenvalue weighted by atomic mass is 10.2. The summed E-state index contributed by atoms with van der Waals surface area (Å²) in [6.45, 7) is 0.383. The summed E-state index contributed by atoms with van der Waals surface area (Å²) in [5, 5.41) is 16.5. The van der Waals surface area contributed by atoms with Crippen molar-refractivity contribution in [2.45, 2.75) is 6.54 Å². The number of fused-ring (bicyclic) bond motifs is 1. The summed E-state index contributed by atoms with van der Waals surface area (Å²) in [4.78, 5) is 34.3. The Labute approximate surface area is 147 Å². The molecular weight excluding hydrogens is 340 g/mol. The van der Waals surface area contributed by atoms with Gasteiger partial charge in [-0.2, -0.15) is 0 Å². The van der Waals surface area contributed by atoms with Crippen molar-refractivity contribution in [2.24, 2.45) is 0 Å². The molecular formula is C17H16N4O5. The first-order valence-electron chi connectivity index (χ1n) is 7.88. The first-order valence-corrected chi connectivity index (χ1v) is 7.88. The van der Waals surface area contributed by atoms with E-state index in [0.29, 0.717) is 23.3 Å². The number of hydrogen-bond donors (Lipinski definition) is 2. The standard InChI is InChI=1S/C17H16N4O5/c22-16(11-20-14-7-3-4-8-15(14)26-17(20)23)19-10-9-18-12-5-1-2-6-13(12)21(24)25/h1-8,18H,9-11H2,(H,19,22). The summed E-state index contributed by atoms with van der Waals surface area (Å²) in [5.41, 5.74) is 1.31. The number of carbonyl (C=O) groups excluding carboxylic acids is 1. The number of nitro groups is 1. The van der Waals surface area contributed by atoms with Crippen LogP contribution < -0.4 is 16.4 Å². The molecule has 0 aliphatic rings. The van der Waals surface area contributed by atoms with E-state index < -0.39 is 10.7 Å². The summed E-state index contributed by atoms with van der Waals surface area (Å²) in [5.74, 6) is -0.956. The Morgan fingerprint density at radius 1 is 1.12 bits per heavy atom. The minimum Gasteiger partial charge on any atom is -0.408 e. The van der Waals surface area contributed by atoms with Crippen molar-refractivity contribution in [1.29, 1.82) is 0 Å². The van der Waals surface area contributed by atoms with Gasteiger partial charge in [-0.05, 0) is 18.2 Å². The Bertz CT molecular complexity index is 1010. The van der Waals surface area contributed by atoms with Crippen LogP contribution in [0.25, 0.3) is 11.1 Å². The van der Waals surface area contributed by atoms with E-state index in [2.05, 4.69) is 10.6 Å². The van der Waals surface area contributed by atoms with Crippen molar-refractivity contribution < 1.29 is 14.1 Å². The first kappa shape index (κ1) is 17.2. The number of carbonyl (C=O) groups is 1. The second-order valence-corrected chi connectivity index (χ2v) is 5.47. The summed E-state index contributed by atoms with van der Waals surface area (Å²) >= 11 is 0. The quantitative estimate of drug-likeness (QED) is 0.378. The summed E-state index contributed by atoms with van der Waals surface area (Å²) in [6, 6.07) is 13.1. The van der Waals surface area contributed by atoms with E-state index in [1.54, 1.807) is 42.5 Å². The van der Waals surface area contributed by atoms with Crippen molar-refractivity contribution in [3.05, 3.63) is 69.2 Å². The van der Waals surface area contributed by atoms with Crippen LogP contribution in [0.4, 0.5) is 11.4 Å².